The second-order valence-corrected chi connectivity index (χ2v) is 3.19. The molecule has 0 amide bonds. The van der Waals surface area contributed by atoms with Crippen molar-refractivity contribution < 1.29 is 13.2 Å². The fraction of sp³-hybridized carbons (Fsp3) is 0.100. The van der Waals surface area contributed by atoms with Crippen LogP contribution in [0.25, 0.3) is 5.69 Å². The average Bonchev–Trinajstić information content (AvgIpc) is 2.66. The summed E-state index contributed by atoms with van der Waals surface area (Å²) in [6, 6.07) is 4.87. The molecular weight excluding hydrogens is 219 g/mol. The van der Waals surface area contributed by atoms with Crippen LogP contribution in [0.4, 0.5) is 18.9 Å². The molecule has 2 aromatic rings. The van der Waals surface area contributed by atoms with E-state index in [1.54, 1.807) is 0 Å². The van der Waals surface area contributed by atoms with Gasteiger partial charge in [0.05, 0.1) is 11.4 Å². The first-order valence-corrected chi connectivity index (χ1v) is 4.47. The van der Waals surface area contributed by atoms with E-state index in [1.165, 1.54) is 29.1 Å². The van der Waals surface area contributed by atoms with Crippen LogP contribution >= 0.6 is 0 Å². The molecule has 1 heterocycles. The van der Waals surface area contributed by atoms with Crippen LogP contribution in [0, 0.1) is 5.82 Å². The Kier molecular flexibility index (Phi) is 2.55. The van der Waals surface area contributed by atoms with Crippen molar-refractivity contribution in [1.82, 2.24) is 9.78 Å². The summed E-state index contributed by atoms with van der Waals surface area (Å²) < 4.78 is 38.5. The molecule has 6 heteroatoms. The quantitative estimate of drug-likeness (QED) is 0.801. The Morgan fingerprint density at radius 2 is 2.00 bits per heavy atom. The molecule has 0 saturated heterocycles. The zero-order chi connectivity index (χ0) is 11.7. The third kappa shape index (κ3) is 1.86. The number of alkyl halides is 2. The van der Waals surface area contributed by atoms with Gasteiger partial charge in [0.25, 0.3) is 6.43 Å². The van der Waals surface area contributed by atoms with E-state index in [2.05, 4.69) is 5.10 Å². The summed E-state index contributed by atoms with van der Waals surface area (Å²) in [6.07, 6.45) is -1.28. The predicted octanol–water partition coefficient (Wildman–Crippen LogP) is 2.53. The number of hydrogen-bond acceptors (Lipinski definition) is 2. The monoisotopic (exact) mass is 227 g/mol. The Hall–Kier alpha value is -1.98. The summed E-state index contributed by atoms with van der Waals surface area (Å²) in [6.45, 7) is 0. The molecule has 0 aliphatic rings. The molecule has 0 fully saturated rings. The Morgan fingerprint density at radius 1 is 1.25 bits per heavy atom. The molecule has 2 rings (SSSR count). The van der Waals surface area contributed by atoms with Gasteiger partial charge in [-0.05, 0) is 24.3 Å². The number of halogens is 3. The number of anilines is 1. The molecule has 0 radical (unpaired) electrons. The first-order chi connectivity index (χ1) is 7.58. The van der Waals surface area contributed by atoms with Crippen molar-refractivity contribution in [3.8, 4) is 5.69 Å². The van der Waals surface area contributed by atoms with Crippen LogP contribution in [-0.2, 0) is 0 Å². The fourth-order valence-electron chi connectivity index (χ4n) is 1.32. The molecule has 0 aliphatic heterocycles. The van der Waals surface area contributed by atoms with Gasteiger partial charge in [0.15, 0.2) is 0 Å². The van der Waals surface area contributed by atoms with Crippen LogP contribution in [0.15, 0.2) is 30.5 Å². The number of nitrogens with two attached hydrogens (primary N) is 1. The maximum atomic E-state index is 12.8. The summed E-state index contributed by atoms with van der Waals surface area (Å²) in [5.41, 5.74) is 5.72. The van der Waals surface area contributed by atoms with E-state index in [4.69, 9.17) is 5.73 Å². The highest BCUT2D eigenvalue weighted by Crippen LogP contribution is 2.21. The third-order valence-electron chi connectivity index (χ3n) is 2.07. The Bertz CT molecular complexity index is 508. The highest BCUT2D eigenvalue weighted by Gasteiger charge is 2.12. The van der Waals surface area contributed by atoms with Gasteiger partial charge >= 0.3 is 0 Å². The van der Waals surface area contributed by atoms with Crippen molar-refractivity contribution in [2.45, 2.75) is 6.43 Å². The zero-order valence-corrected chi connectivity index (χ0v) is 8.07. The second-order valence-electron chi connectivity index (χ2n) is 3.19. The number of hydrogen-bond donors (Lipinski definition) is 1. The largest absolute Gasteiger partial charge is 0.397 e. The maximum Gasteiger partial charge on any atom is 0.282 e. The van der Waals surface area contributed by atoms with Gasteiger partial charge in [0.1, 0.15) is 11.5 Å². The predicted molar refractivity (Wildman–Crippen MR) is 52.9 cm³/mol. The first-order valence-electron chi connectivity index (χ1n) is 4.47. The molecular formula is C10H8F3N3. The van der Waals surface area contributed by atoms with Gasteiger partial charge in [-0.25, -0.2) is 17.9 Å². The van der Waals surface area contributed by atoms with Crippen molar-refractivity contribution in [3.63, 3.8) is 0 Å². The van der Waals surface area contributed by atoms with Gasteiger partial charge in [-0.3, -0.25) is 0 Å². The van der Waals surface area contributed by atoms with E-state index in [1.807, 2.05) is 0 Å². The molecule has 0 bridgehead atoms. The molecule has 0 atom stereocenters. The summed E-state index contributed by atoms with van der Waals surface area (Å²) >= 11 is 0. The normalized spacial score (nSPS) is 11.0. The lowest BCUT2D eigenvalue weighted by Crippen LogP contribution is -2.01. The minimum Gasteiger partial charge on any atom is -0.397 e. The molecule has 3 nitrogen and oxygen atoms in total. The first kappa shape index (κ1) is 10.5. The summed E-state index contributed by atoms with van der Waals surface area (Å²) in [4.78, 5) is 0. The van der Waals surface area contributed by atoms with Gasteiger partial charge in [0, 0.05) is 6.20 Å². The summed E-state index contributed by atoms with van der Waals surface area (Å²) in [5.74, 6) is -0.484. The van der Waals surface area contributed by atoms with Gasteiger partial charge in [0.2, 0.25) is 0 Å². The van der Waals surface area contributed by atoms with Crippen molar-refractivity contribution in [2.24, 2.45) is 0 Å². The fourth-order valence-corrected chi connectivity index (χ4v) is 1.32. The molecule has 1 aromatic heterocycles. The van der Waals surface area contributed by atoms with Gasteiger partial charge in [-0.15, -0.1) is 0 Å². The minimum atomic E-state index is -2.64. The topological polar surface area (TPSA) is 43.8 Å². The second kappa shape index (κ2) is 3.88. The number of rotatable bonds is 2. The maximum absolute atomic E-state index is 12.8. The molecule has 0 aliphatic carbocycles. The van der Waals surface area contributed by atoms with E-state index in [9.17, 15) is 13.2 Å². The molecule has 0 unspecified atom stereocenters. The van der Waals surface area contributed by atoms with Crippen molar-refractivity contribution in [3.05, 3.63) is 42.0 Å². The lowest BCUT2D eigenvalue weighted by Gasteiger charge is -2.05. The van der Waals surface area contributed by atoms with E-state index in [-0.39, 0.29) is 11.4 Å². The Labute approximate surface area is 89.3 Å². The molecule has 0 spiro atoms. The van der Waals surface area contributed by atoms with Gasteiger partial charge in [-0.1, -0.05) is 0 Å². The van der Waals surface area contributed by atoms with Crippen LogP contribution < -0.4 is 5.73 Å². The lowest BCUT2D eigenvalue weighted by atomic mass is 10.2. The number of aromatic nitrogens is 2. The Morgan fingerprint density at radius 3 is 2.56 bits per heavy atom. The number of benzene rings is 1. The summed E-state index contributed by atoms with van der Waals surface area (Å²) in [7, 11) is 0. The molecule has 1 aromatic carbocycles. The summed E-state index contributed by atoms with van der Waals surface area (Å²) in [5, 5.41) is 3.63. The van der Waals surface area contributed by atoms with Crippen molar-refractivity contribution in [1.29, 1.82) is 0 Å². The highest BCUT2D eigenvalue weighted by atomic mass is 19.3. The minimum absolute atomic E-state index is 0.143. The zero-order valence-electron chi connectivity index (χ0n) is 8.07. The average molecular weight is 227 g/mol. The standard InChI is InChI=1S/C10H8F3N3/c11-6-1-2-9(7(14)5-6)16-4-3-8(15-16)10(12)13/h1-5,10H,14H2. The van der Waals surface area contributed by atoms with Crippen LogP contribution in [0.2, 0.25) is 0 Å². The molecule has 84 valence electrons. The number of nitrogen functional groups attached to an aromatic ring is 1. The van der Waals surface area contributed by atoms with Crippen LogP contribution in [-0.4, -0.2) is 9.78 Å². The van der Waals surface area contributed by atoms with Gasteiger partial charge in [-0.2, -0.15) is 5.10 Å². The van der Waals surface area contributed by atoms with Crippen molar-refractivity contribution >= 4 is 5.69 Å². The van der Waals surface area contributed by atoms with E-state index >= 15 is 0 Å². The SMILES string of the molecule is Nc1cc(F)ccc1-n1ccc(C(F)F)n1. The third-order valence-corrected chi connectivity index (χ3v) is 2.07. The van der Waals surface area contributed by atoms with Crippen LogP contribution in [0.1, 0.15) is 12.1 Å². The number of nitrogens with zero attached hydrogens (tertiary/aromatic N) is 2. The highest BCUT2D eigenvalue weighted by molar-refractivity contribution is 5.57. The lowest BCUT2D eigenvalue weighted by molar-refractivity contribution is 0.145. The van der Waals surface area contributed by atoms with E-state index < -0.39 is 12.2 Å². The molecule has 2 N–H and O–H groups in total. The van der Waals surface area contributed by atoms with E-state index in [0.29, 0.717) is 5.69 Å². The van der Waals surface area contributed by atoms with E-state index in [0.717, 1.165) is 6.07 Å². The van der Waals surface area contributed by atoms with Crippen molar-refractivity contribution in [2.75, 3.05) is 5.73 Å². The molecule has 0 saturated carbocycles. The smallest absolute Gasteiger partial charge is 0.282 e. The van der Waals surface area contributed by atoms with Crippen LogP contribution in [0.3, 0.4) is 0 Å². The van der Waals surface area contributed by atoms with Crippen LogP contribution in [0.5, 0.6) is 0 Å². The van der Waals surface area contributed by atoms with Gasteiger partial charge < -0.3 is 5.73 Å². The molecule has 16 heavy (non-hydrogen) atoms. The Balaban J connectivity index is 2.42.